The highest BCUT2D eigenvalue weighted by molar-refractivity contribution is 7.09. The van der Waals surface area contributed by atoms with Crippen molar-refractivity contribution in [3.63, 3.8) is 0 Å². The first-order chi connectivity index (χ1) is 11.7. The van der Waals surface area contributed by atoms with E-state index >= 15 is 0 Å². The normalized spacial score (nSPS) is 15.7. The lowest BCUT2D eigenvalue weighted by molar-refractivity contribution is 0.0998. The molecule has 3 nitrogen and oxygen atoms in total. The molecule has 1 saturated carbocycles. The Labute approximate surface area is 162 Å². The summed E-state index contributed by atoms with van der Waals surface area (Å²) >= 11 is 13.8. The Balaban J connectivity index is 2.09. The van der Waals surface area contributed by atoms with Gasteiger partial charge < -0.3 is 4.57 Å². The van der Waals surface area contributed by atoms with Crippen LogP contribution in [0.3, 0.4) is 0 Å². The van der Waals surface area contributed by atoms with Gasteiger partial charge in [-0.15, -0.1) is 11.3 Å². The van der Waals surface area contributed by atoms with E-state index < -0.39 is 0 Å². The molecule has 1 aromatic carbocycles. The number of aromatic nitrogens is 1. The fraction of sp³-hybridized carbons (Fsp3) is 0.474. The molecule has 3 rings (SSSR count). The maximum absolute atomic E-state index is 12.7. The van der Waals surface area contributed by atoms with Crippen LogP contribution in [0.2, 0.25) is 10.0 Å². The number of hydrogen-bond donors (Lipinski definition) is 0. The predicted molar refractivity (Wildman–Crippen MR) is 105 cm³/mol. The molecule has 0 aliphatic heterocycles. The minimum absolute atomic E-state index is 0.0184. The number of nitrogens with zero attached hydrogens (tertiary/aromatic N) is 2. The zero-order valence-corrected chi connectivity index (χ0v) is 17.2. The smallest absolute Gasteiger partial charge is 0.281 e. The van der Waals surface area contributed by atoms with E-state index in [1.165, 1.54) is 23.4 Å². The number of rotatable bonds is 3. The zero-order valence-electron chi connectivity index (χ0n) is 14.9. The van der Waals surface area contributed by atoms with E-state index in [9.17, 15) is 4.79 Å². The molecule has 1 aliphatic carbocycles. The Hall–Kier alpha value is -1.10. The van der Waals surface area contributed by atoms with Gasteiger partial charge >= 0.3 is 0 Å². The van der Waals surface area contributed by atoms with Crippen LogP contribution in [0.4, 0.5) is 0 Å². The van der Waals surface area contributed by atoms with Gasteiger partial charge in [-0.1, -0.05) is 44.0 Å². The maximum Gasteiger partial charge on any atom is 0.281 e. The van der Waals surface area contributed by atoms with Crippen molar-refractivity contribution < 1.29 is 4.79 Å². The Kier molecular flexibility index (Phi) is 5.16. The monoisotopic (exact) mass is 396 g/mol. The highest BCUT2D eigenvalue weighted by Crippen LogP contribution is 2.33. The molecule has 25 heavy (non-hydrogen) atoms. The molecule has 1 heterocycles. The van der Waals surface area contributed by atoms with Crippen molar-refractivity contribution >= 4 is 40.4 Å². The second-order valence-electron chi connectivity index (χ2n) is 7.64. The van der Waals surface area contributed by atoms with E-state index in [0.29, 0.717) is 21.5 Å². The highest BCUT2D eigenvalue weighted by Gasteiger charge is 2.27. The molecule has 1 aliphatic rings. The van der Waals surface area contributed by atoms with Gasteiger partial charge in [0.1, 0.15) is 0 Å². The first-order valence-electron chi connectivity index (χ1n) is 8.41. The molecule has 0 N–H and O–H groups in total. The second-order valence-corrected chi connectivity index (χ2v) is 9.47. The van der Waals surface area contributed by atoms with Crippen LogP contribution in [-0.4, -0.2) is 10.5 Å². The molecule has 0 bridgehead atoms. The van der Waals surface area contributed by atoms with Gasteiger partial charge in [0.05, 0.1) is 10.6 Å². The third-order valence-corrected chi connectivity index (χ3v) is 6.50. The summed E-state index contributed by atoms with van der Waals surface area (Å²) in [6.45, 7) is 9.61. The van der Waals surface area contributed by atoms with Crippen molar-refractivity contribution in [2.24, 2.45) is 10.9 Å². The van der Waals surface area contributed by atoms with Crippen LogP contribution < -0.4 is 4.80 Å². The molecule has 1 amide bonds. The third-order valence-electron chi connectivity index (χ3n) is 4.33. The molecular formula is C19H22Cl2N2OS. The Bertz CT molecular complexity index is 886. The van der Waals surface area contributed by atoms with Crippen LogP contribution in [0, 0.1) is 12.8 Å². The van der Waals surface area contributed by atoms with Crippen LogP contribution in [0.5, 0.6) is 0 Å². The van der Waals surface area contributed by atoms with E-state index in [4.69, 9.17) is 23.2 Å². The quantitative estimate of drug-likeness (QED) is 0.663. The van der Waals surface area contributed by atoms with Crippen molar-refractivity contribution in [3.05, 3.63) is 49.2 Å². The molecule has 0 atom stereocenters. The topological polar surface area (TPSA) is 34.4 Å². The van der Waals surface area contributed by atoms with Gasteiger partial charge in [0.2, 0.25) is 0 Å². The number of halogens is 2. The van der Waals surface area contributed by atoms with Crippen molar-refractivity contribution in [1.29, 1.82) is 0 Å². The Morgan fingerprint density at radius 2 is 2.00 bits per heavy atom. The summed E-state index contributed by atoms with van der Waals surface area (Å²) < 4.78 is 2.19. The van der Waals surface area contributed by atoms with Gasteiger partial charge in [-0.2, -0.15) is 4.99 Å². The van der Waals surface area contributed by atoms with E-state index in [2.05, 4.69) is 37.3 Å². The average Bonchev–Trinajstić information content (AvgIpc) is 3.28. The van der Waals surface area contributed by atoms with Crippen LogP contribution in [0.25, 0.3) is 0 Å². The fourth-order valence-corrected chi connectivity index (χ4v) is 4.41. The van der Waals surface area contributed by atoms with Gasteiger partial charge in [-0.25, -0.2) is 0 Å². The maximum atomic E-state index is 12.7. The molecule has 134 valence electrons. The van der Waals surface area contributed by atoms with Crippen LogP contribution in [-0.2, 0) is 12.0 Å². The minimum Gasteiger partial charge on any atom is -0.320 e. The number of benzene rings is 1. The molecule has 1 fully saturated rings. The molecule has 0 spiro atoms. The number of amides is 1. The molecule has 1 aromatic heterocycles. The van der Waals surface area contributed by atoms with Gasteiger partial charge in [0.25, 0.3) is 5.91 Å². The summed E-state index contributed by atoms with van der Waals surface area (Å²) in [5.74, 6) is 0.351. The SMILES string of the molecule is Cc1c(C(C)(C)C)s/c(=N\C(=O)c2cc(Cl)ccc2Cl)n1CC1CC1. The number of hydrogen-bond acceptors (Lipinski definition) is 2. The summed E-state index contributed by atoms with van der Waals surface area (Å²) in [6.07, 6.45) is 2.50. The summed E-state index contributed by atoms with van der Waals surface area (Å²) in [7, 11) is 0. The molecule has 0 unspecified atom stereocenters. The van der Waals surface area contributed by atoms with Crippen molar-refractivity contribution in [2.75, 3.05) is 0 Å². The molecule has 6 heteroatoms. The minimum atomic E-state index is -0.348. The lowest BCUT2D eigenvalue weighted by Crippen LogP contribution is -2.20. The van der Waals surface area contributed by atoms with Gasteiger partial charge in [0, 0.05) is 22.1 Å². The summed E-state index contributed by atoms with van der Waals surface area (Å²) in [5, 5.41) is 0.850. The first-order valence-corrected chi connectivity index (χ1v) is 9.99. The number of carbonyl (C=O) groups is 1. The van der Waals surface area contributed by atoms with Crippen molar-refractivity contribution in [1.82, 2.24) is 4.57 Å². The molecule has 0 saturated heterocycles. The van der Waals surface area contributed by atoms with Gasteiger partial charge in [-0.05, 0) is 49.3 Å². The molecular weight excluding hydrogens is 375 g/mol. The fourth-order valence-electron chi connectivity index (χ4n) is 2.85. The molecule has 0 radical (unpaired) electrons. The van der Waals surface area contributed by atoms with E-state index in [1.54, 1.807) is 29.5 Å². The van der Waals surface area contributed by atoms with Gasteiger partial charge in [-0.3, -0.25) is 4.79 Å². The number of thiazole rings is 1. The van der Waals surface area contributed by atoms with E-state index in [1.807, 2.05) is 0 Å². The zero-order chi connectivity index (χ0) is 18.4. The second kappa shape index (κ2) is 6.90. The first kappa shape index (κ1) is 18.7. The van der Waals surface area contributed by atoms with Crippen LogP contribution in [0.15, 0.2) is 23.2 Å². The predicted octanol–water partition coefficient (Wildman–Crippen LogP) is 5.61. The van der Waals surface area contributed by atoms with E-state index in [0.717, 1.165) is 11.3 Å². The lowest BCUT2D eigenvalue weighted by Gasteiger charge is -2.17. The largest absolute Gasteiger partial charge is 0.320 e. The third kappa shape index (κ3) is 4.18. The average molecular weight is 397 g/mol. The van der Waals surface area contributed by atoms with Crippen LogP contribution >= 0.6 is 34.5 Å². The standard InChI is InChI=1S/C19H22Cl2N2OS/c1-11-16(19(2,3)4)25-18(23(11)10-12-5-6-12)22-17(24)14-9-13(20)7-8-15(14)21/h7-9,12H,5-6,10H2,1-4H3/b22-18-. The Morgan fingerprint density at radius 1 is 1.32 bits per heavy atom. The van der Waals surface area contributed by atoms with Gasteiger partial charge in [0.15, 0.2) is 4.80 Å². The number of carbonyl (C=O) groups excluding carboxylic acids is 1. The van der Waals surface area contributed by atoms with E-state index in [-0.39, 0.29) is 11.3 Å². The summed E-state index contributed by atoms with van der Waals surface area (Å²) in [5.41, 5.74) is 1.56. The molecule has 2 aromatic rings. The lowest BCUT2D eigenvalue weighted by atomic mass is 9.93. The van der Waals surface area contributed by atoms with Crippen molar-refractivity contribution in [3.8, 4) is 0 Å². The Morgan fingerprint density at radius 3 is 2.60 bits per heavy atom. The summed E-state index contributed by atoms with van der Waals surface area (Å²) in [4.78, 5) is 19.1. The van der Waals surface area contributed by atoms with Crippen LogP contribution in [0.1, 0.15) is 54.5 Å². The summed E-state index contributed by atoms with van der Waals surface area (Å²) in [6, 6.07) is 4.87. The van der Waals surface area contributed by atoms with Crippen molar-refractivity contribution in [2.45, 2.75) is 52.5 Å². The highest BCUT2D eigenvalue weighted by atomic mass is 35.5.